The van der Waals surface area contributed by atoms with Crippen molar-refractivity contribution < 1.29 is 9.69 Å². The van der Waals surface area contributed by atoms with Gasteiger partial charge in [0.15, 0.2) is 5.16 Å². The maximum atomic E-state index is 13.1. The third-order valence-electron chi connectivity index (χ3n) is 4.76. The molecule has 0 unspecified atom stereocenters. The van der Waals surface area contributed by atoms with E-state index >= 15 is 0 Å². The molecule has 2 rings (SSSR count). The van der Waals surface area contributed by atoms with Gasteiger partial charge in [0.2, 0.25) is 5.91 Å². The number of benzene rings is 1. The summed E-state index contributed by atoms with van der Waals surface area (Å²) in [5.41, 5.74) is 0.641. The van der Waals surface area contributed by atoms with Crippen LogP contribution >= 0.6 is 11.8 Å². The van der Waals surface area contributed by atoms with Crippen LogP contribution in [0.5, 0.6) is 0 Å². The highest BCUT2D eigenvalue weighted by molar-refractivity contribution is 7.99. The molecule has 0 bridgehead atoms. The summed E-state index contributed by atoms with van der Waals surface area (Å²) in [6, 6.07) is 8.34. The summed E-state index contributed by atoms with van der Waals surface area (Å²) in [4.78, 5) is 32.8. The average Bonchev–Trinajstić information content (AvgIpc) is 2.61. The second-order valence-corrected chi connectivity index (χ2v) is 8.52. The van der Waals surface area contributed by atoms with Crippen molar-refractivity contribution in [3.05, 3.63) is 34.6 Å². The molecule has 1 aromatic heterocycles. The Kier molecular flexibility index (Phi) is 7.44. The zero-order valence-corrected chi connectivity index (χ0v) is 18.0. The maximum absolute atomic E-state index is 13.1. The predicted octanol–water partition coefficient (Wildman–Crippen LogP) is 1.28. The number of amides is 1. The van der Waals surface area contributed by atoms with Crippen LogP contribution in [0.15, 0.2) is 34.2 Å². The van der Waals surface area contributed by atoms with Crippen molar-refractivity contribution in [3.8, 4) is 0 Å². The molecule has 0 radical (unpaired) electrons. The number of para-hydroxylation sites is 1. The summed E-state index contributed by atoms with van der Waals surface area (Å²) in [5.74, 6) is 0.272. The molecular formula is C20H31N4O2S+. The number of rotatable bonds is 8. The summed E-state index contributed by atoms with van der Waals surface area (Å²) in [6.45, 7) is 10.2. The van der Waals surface area contributed by atoms with Gasteiger partial charge in [0.05, 0.1) is 41.8 Å². The topological polar surface area (TPSA) is 59.6 Å². The minimum absolute atomic E-state index is 0.00516. The van der Waals surface area contributed by atoms with Crippen molar-refractivity contribution in [2.24, 2.45) is 0 Å². The Labute approximate surface area is 165 Å². The van der Waals surface area contributed by atoms with Gasteiger partial charge in [-0.15, -0.1) is 0 Å². The monoisotopic (exact) mass is 391 g/mol. The van der Waals surface area contributed by atoms with Crippen LogP contribution in [-0.2, 0) is 11.3 Å². The van der Waals surface area contributed by atoms with Crippen molar-refractivity contribution in [2.75, 3.05) is 26.4 Å². The fourth-order valence-corrected chi connectivity index (χ4v) is 4.20. The molecule has 1 amide bonds. The number of thioether (sulfide) groups is 1. The summed E-state index contributed by atoms with van der Waals surface area (Å²) < 4.78 is 1.74. The Hall–Kier alpha value is -1.86. The van der Waals surface area contributed by atoms with Gasteiger partial charge in [-0.25, -0.2) is 4.98 Å². The van der Waals surface area contributed by atoms with E-state index in [0.717, 1.165) is 6.54 Å². The fourth-order valence-electron chi connectivity index (χ4n) is 3.20. The van der Waals surface area contributed by atoms with Crippen molar-refractivity contribution in [1.82, 2.24) is 14.5 Å². The van der Waals surface area contributed by atoms with E-state index in [0.29, 0.717) is 34.7 Å². The van der Waals surface area contributed by atoms with Crippen LogP contribution < -0.4 is 10.5 Å². The fraction of sp³-hybridized carbons (Fsp3) is 0.550. The lowest BCUT2D eigenvalue weighted by molar-refractivity contribution is -0.942. The molecule has 0 saturated carbocycles. The van der Waals surface area contributed by atoms with E-state index in [1.165, 1.54) is 16.7 Å². The highest BCUT2D eigenvalue weighted by atomic mass is 32.2. The first-order valence-corrected chi connectivity index (χ1v) is 10.4. The standard InChI is InChI=1S/C20H30N4O2S/c1-14(2)23(15(3)4)11-12-24-19(26)16-9-7-8-10-17(16)21-20(24)27-13-18(25)22(5)6/h7-10,14-15H,11-13H2,1-6H3/p+1. The maximum Gasteiger partial charge on any atom is 0.262 e. The molecule has 1 N–H and O–H groups in total. The van der Waals surface area contributed by atoms with Gasteiger partial charge in [0, 0.05) is 14.1 Å². The van der Waals surface area contributed by atoms with Crippen LogP contribution in [0.4, 0.5) is 0 Å². The molecule has 6 nitrogen and oxygen atoms in total. The zero-order valence-electron chi connectivity index (χ0n) is 17.2. The first kappa shape index (κ1) is 21.4. The number of aromatic nitrogens is 2. The predicted molar refractivity (Wildman–Crippen MR) is 112 cm³/mol. The molecule has 0 aliphatic carbocycles. The quantitative estimate of drug-likeness (QED) is 0.544. The highest BCUT2D eigenvalue weighted by Gasteiger charge is 2.19. The molecule has 0 saturated heterocycles. The van der Waals surface area contributed by atoms with Crippen LogP contribution in [-0.4, -0.2) is 58.8 Å². The third-order valence-corrected chi connectivity index (χ3v) is 5.72. The molecule has 7 heteroatoms. The lowest BCUT2D eigenvalue weighted by Crippen LogP contribution is -3.18. The van der Waals surface area contributed by atoms with Crippen LogP contribution in [0.2, 0.25) is 0 Å². The molecule has 148 valence electrons. The minimum atomic E-state index is -0.0349. The van der Waals surface area contributed by atoms with Crippen LogP contribution in [0.25, 0.3) is 10.9 Å². The van der Waals surface area contributed by atoms with E-state index in [4.69, 9.17) is 0 Å². The molecule has 2 aromatic rings. The zero-order chi connectivity index (χ0) is 20.1. The Bertz CT molecular complexity index is 837. The Balaban J connectivity index is 2.38. The molecular weight excluding hydrogens is 360 g/mol. The molecule has 1 aromatic carbocycles. The number of quaternary nitrogens is 1. The lowest BCUT2D eigenvalue weighted by Gasteiger charge is -2.28. The van der Waals surface area contributed by atoms with Gasteiger partial charge < -0.3 is 9.80 Å². The first-order chi connectivity index (χ1) is 12.7. The minimum Gasteiger partial charge on any atom is -0.348 e. The SMILES string of the molecule is CC(C)[NH+](CCn1c(SCC(=O)N(C)C)nc2ccccc2c1=O)C(C)C. The van der Waals surface area contributed by atoms with Gasteiger partial charge in [-0.3, -0.25) is 14.2 Å². The van der Waals surface area contributed by atoms with Crippen molar-refractivity contribution >= 4 is 28.6 Å². The van der Waals surface area contributed by atoms with Gasteiger partial charge in [-0.1, -0.05) is 23.9 Å². The van der Waals surface area contributed by atoms with Gasteiger partial charge in [0.1, 0.15) is 0 Å². The Morgan fingerprint density at radius 3 is 2.41 bits per heavy atom. The lowest BCUT2D eigenvalue weighted by atomic mass is 10.2. The largest absolute Gasteiger partial charge is 0.348 e. The second-order valence-electron chi connectivity index (χ2n) is 7.58. The number of hydrogen-bond donors (Lipinski definition) is 1. The van der Waals surface area contributed by atoms with Crippen LogP contribution in [0.3, 0.4) is 0 Å². The number of nitrogens with one attached hydrogen (secondary N) is 1. The van der Waals surface area contributed by atoms with Crippen LogP contribution in [0, 0.1) is 0 Å². The number of nitrogens with zero attached hydrogens (tertiary/aromatic N) is 3. The summed E-state index contributed by atoms with van der Waals surface area (Å²) >= 11 is 1.33. The molecule has 0 aliphatic heterocycles. The highest BCUT2D eigenvalue weighted by Crippen LogP contribution is 2.17. The summed E-state index contributed by atoms with van der Waals surface area (Å²) in [6.07, 6.45) is 0. The Morgan fingerprint density at radius 1 is 1.19 bits per heavy atom. The second kappa shape index (κ2) is 9.37. The molecule has 27 heavy (non-hydrogen) atoms. The van der Waals surface area contributed by atoms with Crippen molar-refractivity contribution in [3.63, 3.8) is 0 Å². The molecule has 0 atom stereocenters. The summed E-state index contributed by atoms with van der Waals surface area (Å²) in [7, 11) is 3.46. The van der Waals surface area contributed by atoms with E-state index in [2.05, 4.69) is 32.7 Å². The summed E-state index contributed by atoms with van der Waals surface area (Å²) in [5, 5.41) is 1.23. The third kappa shape index (κ3) is 5.32. The van der Waals surface area contributed by atoms with Crippen molar-refractivity contribution in [1.29, 1.82) is 0 Å². The van der Waals surface area contributed by atoms with Gasteiger partial charge in [-0.05, 0) is 39.8 Å². The van der Waals surface area contributed by atoms with E-state index in [1.54, 1.807) is 23.6 Å². The molecule has 0 aliphatic rings. The normalized spacial score (nSPS) is 11.7. The van der Waals surface area contributed by atoms with E-state index in [9.17, 15) is 9.59 Å². The number of carbonyl (C=O) groups is 1. The molecule has 1 heterocycles. The first-order valence-electron chi connectivity index (χ1n) is 9.40. The van der Waals surface area contributed by atoms with E-state index in [-0.39, 0.29) is 17.2 Å². The van der Waals surface area contributed by atoms with Gasteiger partial charge in [-0.2, -0.15) is 0 Å². The van der Waals surface area contributed by atoms with E-state index in [1.807, 2.05) is 24.3 Å². The average molecular weight is 392 g/mol. The number of fused-ring (bicyclic) bond motifs is 1. The molecule has 0 spiro atoms. The smallest absolute Gasteiger partial charge is 0.262 e. The van der Waals surface area contributed by atoms with Crippen LogP contribution in [0.1, 0.15) is 27.7 Å². The number of hydrogen-bond acceptors (Lipinski definition) is 4. The van der Waals surface area contributed by atoms with Gasteiger partial charge >= 0.3 is 0 Å². The van der Waals surface area contributed by atoms with Crippen molar-refractivity contribution in [2.45, 2.75) is 51.5 Å². The van der Waals surface area contributed by atoms with E-state index < -0.39 is 0 Å². The Morgan fingerprint density at radius 2 is 1.81 bits per heavy atom. The van der Waals surface area contributed by atoms with Gasteiger partial charge in [0.25, 0.3) is 5.56 Å². The number of carbonyl (C=O) groups excluding carboxylic acids is 1. The molecule has 0 fully saturated rings.